The van der Waals surface area contributed by atoms with E-state index in [4.69, 9.17) is 5.26 Å². The highest BCUT2D eigenvalue weighted by Gasteiger charge is 2.16. The van der Waals surface area contributed by atoms with E-state index in [1.807, 2.05) is 37.3 Å². The lowest BCUT2D eigenvalue weighted by Crippen LogP contribution is -2.31. The fourth-order valence-corrected chi connectivity index (χ4v) is 2.57. The standard InChI is InChI=1S/C21H19N5O/c1-2-26(15-17-6-4-3-5-7-17)21(27)19-13-24-20(14-23-19)25-18-10-8-16(12-22)9-11-18/h3-11,13-14H,2,15H2,1H3,(H,24,25). The van der Waals surface area contributed by atoms with Gasteiger partial charge < -0.3 is 10.2 Å². The summed E-state index contributed by atoms with van der Waals surface area (Å²) in [6.07, 6.45) is 3.00. The Bertz CT molecular complexity index is 931. The van der Waals surface area contributed by atoms with Gasteiger partial charge in [0.15, 0.2) is 0 Å². The topological polar surface area (TPSA) is 81.9 Å². The summed E-state index contributed by atoms with van der Waals surface area (Å²) >= 11 is 0. The molecule has 0 aliphatic rings. The highest BCUT2D eigenvalue weighted by molar-refractivity contribution is 5.92. The van der Waals surface area contributed by atoms with Gasteiger partial charge in [0, 0.05) is 18.8 Å². The van der Waals surface area contributed by atoms with Crippen LogP contribution >= 0.6 is 0 Å². The van der Waals surface area contributed by atoms with Gasteiger partial charge in [-0.3, -0.25) is 4.79 Å². The van der Waals surface area contributed by atoms with E-state index in [9.17, 15) is 4.79 Å². The van der Waals surface area contributed by atoms with Crippen molar-refractivity contribution in [3.8, 4) is 6.07 Å². The molecular formula is C21H19N5O. The first-order valence-corrected chi connectivity index (χ1v) is 8.62. The molecule has 1 aromatic heterocycles. The lowest BCUT2D eigenvalue weighted by atomic mass is 10.2. The molecule has 0 aliphatic heterocycles. The zero-order valence-corrected chi connectivity index (χ0v) is 15.0. The average Bonchev–Trinajstić information content (AvgIpc) is 2.73. The summed E-state index contributed by atoms with van der Waals surface area (Å²) in [6, 6.07) is 18.9. The molecule has 0 atom stereocenters. The van der Waals surface area contributed by atoms with Crippen LogP contribution in [0.5, 0.6) is 0 Å². The summed E-state index contributed by atoms with van der Waals surface area (Å²) in [5.74, 6) is 0.376. The van der Waals surface area contributed by atoms with E-state index in [0.29, 0.717) is 30.2 Å². The Labute approximate surface area is 158 Å². The first-order valence-electron chi connectivity index (χ1n) is 8.62. The first kappa shape index (κ1) is 18.1. The number of aromatic nitrogens is 2. The minimum atomic E-state index is -0.154. The van der Waals surface area contributed by atoms with Gasteiger partial charge in [-0.2, -0.15) is 5.26 Å². The molecular weight excluding hydrogens is 338 g/mol. The van der Waals surface area contributed by atoms with Gasteiger partial charge in [0.25, 0.3) is 5.91 Å². The van der Waals surface area contributed by atoms with Crippen LogP contribution in [0.2, 0.25) is 0 Å². The summed E-state index contributed by atoms with van der Waals surface area (Å²) in [5, 5.41) is 11.9. The summed E-state index contributed by atoms with van der Waals surface area (Å²) in [6.45, 7) is 3.05. The van der Waals surface area contributed by atoms with Crippen LogP contribution in [-0.4, -0.2) is 27.3 Å². The third kappa shape index (κ3) is 4.67. The van der Waals surface area contributed by atoms with Gasteiger partial charge in [-0.1, -0.05) is 30.3 Å². The van der Waals surface area contributed by atoms with Gasteiger partial charge in [0.2, 0.25) is 0 Å². The number of carbonyl (C=O) groups excluding carboxylic acids is 1. The van der Waals surface area contributed by atoms with Crippen LogP contribution in [0, 0.1) is 11.3 Å². The largest absolute Gasteiger partial charge is 0.339 e. The van der Waals surface area contributed by atoms with E-state index < -0.39 is 0 Å². The van der Waals surface area contributed by atoms with E-state index >= 15 is 0 Å². The van der Waals surface area contributed by atoms with Gasteiger partial charge in [-0.05, 0) is 36.8 Å². The van der Waals surface area contributed by atoms with Crippen molar-refractivity contribution >= 4 is 17.4 Å². The molecule has 1 amide bonds. The smallest absolute Gasteiger partial charge is 0.274 e. The number of amides is 1. The Morgan fingerprint density at radius 3 is 2.41 bits per heavy atom. The number of nitrogens with zero attached hydrogens (tertiary/aromatic N) is 4. The van der Waals surface area contributed by atoms with Crippen LogP contribution in [0.4, 0.5) is 11.5 Å². The molecule has 2 aromatic carbocycles. The Morgan fingerprint density at radius 2 is 1.81 bits per heavy atom. The minimum Gasteiger partial charge on any atom is -0.339 e. The SMILES string of the molecule is CCN(Cc1ccccc1)C(=O)c1cnc(Nc2ccc(C#N)cc2)cn1. The molecule has 0 unspecified atom stereocenters. The molecule has 134 valence electrons. The maximum Gasteiger partial charge on any atom is 0.274 e. The third-order valence-corrected chi connectivity index (χ3v) is 4.04. The molecule has 0 bridgehead atoms. The van der Waals surface area contributed by atoms with Gasteiger partial charge in [-0.25, -0.2) is 9.97 Å². The first-order chi connectivity index (χ1) is 13.2. The van der Waals surface area contributed by atoms with E-state index in [1.54, 1.807) is 29.2 Å². The molecule has 0 saturated carbocycles. The van der Waals surface area contributed by atoms with Crippen molar-refractivity contribution in [1.82, 2.24) is 14.9 Å². The lowest BCUT2D eigenvalue weighted by Gasteiger charge is -2.20. The van der Waals surface area contributed by atoms with E-state index in [2.05, 4.69) is 21.4 Å². The van der Waals surface area contributed by atoms with Crippen molar-refractivity contribution in [3.63, 3.8) is 0 Å². The van der Waals surface area contributed by atoms with Crippen molar-refractivity contribution in [2.75, 3.05) is 11.9 Å². The van der Waals surface area contributed by atoms with Crippen molar-refractivity contribution in [3.05, 3.63) is 83.8 Å². The number of nitriles is 1. The Hall–Kier alpha value is -3.72. The molecule has 0 spiro atoms. The molecule has 3 rings (SSSR count). The minimum absolute atomic E-state index is 0.154. The second-order valence-electron chi connectivity index (χ2n) is 5.91. The maximum absolute atomic E-state index is 12.7. The second-order valence-corrected chi connectivity index (χ2v) is 5.91. The third-order valence-electron chi connectivity index (χ3n) is 4.04. The Morgan fingerprint density at radius 1 is 1.07 bits per heavy atom. The molecule has 0 aliphatic carbocycles. The van der Waals surface area contributed by atoms with Gasteiger partial charge >= 0.3 is 0 Å². The van der Waals surface area contributed by atoms with Crippen LogP contribution in [0.3, 0.4) is 0 Å². The number of hydrogen-bond donors (Lipinski definition) is 1. The molecule has 27 heavy (non-hydrogen) atoms. The van der Waals surface area contributed by atoms with Crippen LogP contribution in [0.15, 0.2) is 67.0 Å². The van der Waals surface area contributed by atoms with Crippen LogP contribution < -0.4 is 5.32 Å². The predicted octanol–water partition coefficient (Wildman–Crippen LogP) is 3.75. The van der Waals surface area contributed by atoms with Crippen LogP contribution in [0.25, 0.3) is 0 Å². The quantitative estimate of drug-likeness (QED) is 0.726. The molecule has 0 fully saturated rings. The van der Waals surface area contributed by atoms with Crippen LogP contribution in [-0.2, 0) is 6.54 Å². The number of anilines is 2. The second kappa shape index (κ2) is 8.59. The molecule has 6 nitrogen and oxygen atoms in total. The molecule has 0 saturated heterocycles. The van der Waals surface area contributed by atoms with Crippen molar-refractivity contribution in [1.29, 1.82) is 5.26 Å². The molecule has 6 heteroatoms. The average molecular weight is 357 g/mol. The Balaban J connectivity index is 1.67. The number of rotatable bonds is 6. The number of carbonyl (C=O) groups is 1. The van der Waals surface area contributed by atoms with Crippen molar-refractivity contribution in [2.45, 2.75) is 13.5 Å². The van der Waals surface area contributed by atoms with Gasteiger partial charge in [-0.15, -0.1) is 0 Å². The normalized spacial score (nSPS) is 10.1. The molecule has 0 radical (unpaired) electrons. The van der Waals surface area contributed by atoms with Crippen LogP contribution in [0.1, 0.15) is 28.5 Å². The number of nitrogens with one attached hydrogen (secondary N) is 1. The highest BCUT2D eigenvalue weighted by Crippen LogP contribution is 2.15. The maximum atomic E-state index is 12.7. The molecule has 3 aromatic rings. The van der Waals surface area contributed by atoms with E-state index in [0.717, 1.165) is 11.3 Å². The van der Waals surface area contributed by atoms with Gasteiger partial charge in [0.1, 0.15) is 11.5 Å². The van der Waals surface area contributed by atoms with E-state index in [-0.39, 0.29) is 5.91 Å². The number of benzene rings is 2. The highest BCUT2D eigenvalue weighted by atomic mass is 16.2. The molecule has 1 N–H and O–H groups in total. The fraction of sp³-hybridized carbons (Fsp3) is 0.143. The molecule has 1 heterocycles. The number of hydrogen-bond acceptors (Lipinski definition) is 5. The predicted molar refractivity (Wildman–Crippen MR) is 103 cm³/mol. The lowest BCUT2D eigenvalue weighted by molar-refractivity contribution is 0.0746. The van der Waals surface area contributed by atoms with Gasteiger partial charge in [0.05, 0.1) is 24.0 Å². The zero-order chi connectivity index (χ0) is 19.1. The van der Waals surface area contributed by atoms with Crippen molar-refractivity contribution in [2.24, 2.45) is 0 Å². The summed E-state index contributed by atoms with van der Waals surface area (Å²) in [4.78, 5) is 22.9. The van der Waals surface area contributed by atoms with Crippen molar-refractivity contribution < 1.29 is 4.79 Å². The van der Waals surface area contributed by atoms with E-state index in [1.165, 1.54) is 12.4 Å². The summed E-state index contributed by atoms with van der Waals surface area (Å²) < 4.78 is 0. The zero-order valence-electron chi connectivity index (χ0n) is 15.0. The monoisotopic (exact) mass is 357 g/mol. The Kier molecular flexibility index (Phi) is 5.75. The summed E-state index contributed by atoms with van der Waals surface area (Å²) in [5.41, 5.74) is 2.75. The summed E-state index contributed by atoms with van der Waals surface area (Å²) in [7, 11) is 0. The fourth-order valence-electron chi connectivity index (χ4n) is 2.57.